The minimum absolute atomic E-state index is 0.139. The highest BCUT2D eigenvalue weighted by Gasteiger charge is 2.56. The summed E-state index contributed by atoms with van der Waals surface area (Å²) in [7, 11) is 0. The van der Waals surface area contributed by atoms with Crippen LogP contribution in [0.1, 0.15) is 20.3 Å². The van der Waals surface area contributed by atoms with E-state index in [1.165, 1.54) is 4.90 Å². The Balaban J connectivity index is 2.60. The molecule has 1 N–H and O–H groups in total. The van der Waals surface area contributed by atoms with Crippen LogP contribution in [0.25, 0.3) is 0 Å². The number of para-hydroxylation sites is 1. The highest BCUT2D eigenvalue weighted by molar-refractivity contribution is 7.98. The average molecular weight is 449 g/mol. The summed E-state index contributed by atoms with van der Waals surface area (Å²) >= 11 is -0.729. The van der Waals surface area contributed by atoms with Crippen LogP contribution in [0.5, 0.6) is 0 Å². The van der Waals surface area contributed by atoms with E-state index in [1.54, 1.807) is 11.6 Å². The number of halogens is 7. The molecule has 0 bridgehead atoms. The van der Waals surface area contributed by atoms with Crippen molar-refractivity contribution in [3.05, 3.63) is 30.3 Å². The predicted molar refractivity (Wildman–Crippen MR) is 103 cm³/mol. The van der Waals surface area contributed by atoms with Crippen LogP contribution in [0, 0.1) is 0 Å². The van der Waals surface area contributed by atoms with E-state index in [1.807, 2.05) is 42.2 Å². The fourth-order valence-corrected chi connectivity index (χ4v) is 3.01. The van der Waals surface area contributed by atoms with Crippen LogP contribution in [0.4, 0.5) is 36.4 Å². The third kappa shape index (κ3) is 9.00. The van der Waals surface area contributed by atoms with Gasteiger partial charge in [-0.25, -0.2) is 0 Å². The smallest absolute Gasteiger partial charge is 0.371 e. The van der Waals surface area contributed by atoms with Gasteiger partial charge in [-0.3, -0.25) is 9.62 Å². The van der Waals surface area contributed by atoms with Gasteiger partial charge in [0.25, 0.3) is 0 Å². The van der Waals surface area contributed by atoms with Crippen molar-refractivity contribution in [1.82, 2.24) is 9.62 Å². The van der Waals surface area contributed by atoms with Gasteiger partial charge < -0.3 is 4.90 Å². The van der Waals surface area contributed by atoms with Crippen LogP contribution in [-0.4, -0.2) is 61.5 Å². The second kappa shape index (κ2) is 11.3. The zero-order chi connectivity index (χ0) is 22.1. The maximum atomic E-state index is 14.2. The maximum absolute atomic E-state index is 14.2. The fourth-order valence-electron chi connectivity index (χ4n) is 2.64. The topological polar surface area (TPSA) is 18.5 Å². The summed E-state index contributed by atoms with van der Waals surface area (Å²) in [5, 5.41) is 0. The van der Waals surface area contributed by atoms with Gasteiger partial charge in [0.15, 0.2) is 0 Å². The normalized spacial score (nSPS) is 13.2. The molecule has 0 heterocycles. The van der Waals surface area contributed by atoms with Crippen LogP contribution < -0.4 is 9.62 Å². The van der Waals surface area contributed by atoms with Crippen molar-refractivity contribution >= 4 is 17.6 Å². The molecule has 0 amide bonds. The number of nitrogens with one attached hydrogen (secondary N) is 1. The first-order chi connectivity index (χ1) is 13.4. The molecule has 0 aromatic heterocycles. The Hall–Kier alpha value is -1.20. The fraction of sp³-hybridized carbons (Fsp3) is 0.667. The molecule has 0 atom stereocenters. The van der Waals surface area contributed by atoms with E-state index in [0.717, 1.165) is 5.69 Å². The summed E-state index contributed by atoms with van der Waals surface area (Å²) in [6, 6.07) is 9.27. The third-order valence-electron chi connectivity index (χ3n) is 4.32. The van der Waals surface area contributed by atoms with Crippen molar-refractivity contribution in [2.24, 2.45) is 0 Å². The molecule has 1 aromatic carbocycles. The second-order valence-corrected chi connectivity index (χ2v) is 7.34. The molecule has 3 nitrogen and oxygen atoms in total. The summed E-state index contributed by atoms with van der Waals surface area (Å²) in [5.41, 5.74) is -3.77. The Morgan fingerprint density at radius 1 is 0.862 bits per heavy atom. The molecule has 0 saturated heterocycles. The first kappa shape index (κ1) is 25.8. The van der Waals surface area contributed by atoms with Gasteiger partial charge in [-0.15, -0.1) is 0 Å². The molecule has 168 valence electrons. The van der Waals surface area contributed by atoms with Crippen LogP contribution in [0.2, 0.25) is 0 Å². The molecule has 1 rings (SSSR count). The van der Waals surface area contributed by atoms with Gasteiger partial charge in [0.1, 0.15) is 0 Å². The minimum atomic E-state index is -4.67. The molecule has 0 radical (unpaired) electrons. The van der Waals surface area contributed by atoms with Gasteiger partial charge in [-0.05, 0) is 25.6 Å². The first-order valence-electron chi connectivity index (χ1n) is 9.17. The number of hydrogen-bond acceptors (Lipinski definition) is 4. The summed E-state index contributed by atoms with van der Waals surface area (Å²) in [5.74, 6) is -8.79. The van der Waals surface area contributed by atoms with E-state index in [0.29, 0.717) is 13.1 Å². The van der Waals surface area contributed by atoms with Gasteiger partial charge in [0.05, 0.1) is 6.54 Å². The summed E-state index contributed by atoms with van der Waals surface area (Å²) in [6.45, 7) is 2.71. The number of hydrogen-bond donors (Lipinski definition) is 1. The highest BCUT2D eigenvalue weighted by atomic mass is 32.2. The van der Waals surface area contributed by atoms with Crippen molar-refractivity contribution in [2.75, 3.05) is 44.2 Å². The zero-order valence-corrected chi connectivity index (χ0v) is 17.1. The Labute approximate surface area is 170 Å². The molecule has 0 saturated carbocycles. The number of benzene rings is 1. The Morgan fingerprint density at radius 3 is 2.00 bits per heavy atom. The molecule has 11 heteroatoms. The average Bonchev–Trinajstić information content (AvgIpc) is 2.64. The summed E-state index contributed by atoms with van der Waals surface area (Å²) < 4.78 is 93.8. The lowest BCUT2D eigenvalue weighted by Gasteiger charge is -2.33. The number of nitrogens with zero attached hydrogens (tertiary/aromatic N) is 2. The molecule has 0 fully saturated rings. The predicted octanol–water partition coefficient (Wildman–Crippen LogP) is 5.25. The molecule has 0 unspecified atom stereocenters. The second-order valence-electron chi connectivity index (χ2n) is 6.39. The summed E-state index contributed by atoms with van der Waals surface area (Å²) in [6.07, 6.45) is -1.40. The lowest BCUT2D eigenvalue weighted by atomic mass is 10.1. The van der Waals surface area contributed by atoms with E-state index >= 15 is 0 Å². The number of alkyl halides is 7. The van der Waals surface area contributed by atoms with E-state index in [-0.39, 0.29) is 13.1 Å². The molecular formula is C18H26F7N3S. The zero-order valence-electron chi connectivity index (χ0n) is 16.3. The standard InChI is InChI=1S/C18H26F7N3S/c1-3-27(12-13-28(4-2)15-8-6-5-7-9-15)14-17(21,22)16(19,20)10-11-26-29-18(23,24)25/h5-9,26H,3-4,10-14H2,1-2H3. The molecule has 0 aliphatic rings. The maximum Gasteiger partial charge on any atom is 0.456 e. The lowest BCUT2D eigenvalue weighted by molar-refractivity contribution is -0.218. The van der Waals surface area contributed by atoms with Crippen molar-refractivity contribution in [1.29, 1.82) is 0 Å². The molecule has 0 spiro atoms. The Kier molecular flexibility index (Phi) is 10.0. The SMILES string of the molecule is CCN(CCN(CC)c1ccccc1)CC(F)(F)C(F)(F)CCNSC(F)(F)F. The molecule has 29 heavy (non-hydrogen) atoms. The number of rotatable bonds is 13. The first-order valence-corrected chi connectivity index (χ1v) is 9.99. The van der Waals surface area contributed by atoms with Crippen LogP contribution >= 0.6 is 11.9 Å². The van der Waals surface area contributed by atoms with Crippen LogP contribution in [0.3, 0.4) is 0 Å². The van der Waals surface area contributed by atoms with Crippen LogP contribution in [-0.2, 0) is 0 Å². The quantitative estimate of drug-likeness (QED) is 0.252. The Bertz CT molecular complexity index is 585. The van der Waals surface area contributed by atoms with E-state index in [2.05, 4.69) is 0 Å². The number of anilines is 1. The van der Waals surface area contributed by atoms with Crippen LogP contribution in [0.15, 0.2) is 30.3 Å². The largest absolute Gasteiger partial charge is 0.456 e. The Morgan fingerprint density at radius 2 is 1.48 bits per heavy atom. The monoisotopic (exact) mass is 449 g/mol. The molecule has 1 aromatic rings. The van der Waals surface area contributed by atoms with Gasteiger partial charge >= 0.3 is 17.4 Å². The third-order valence-corrected chi connectivity index (χ3v) is 4.90. The van der Waals surface area contributed by atoms with E-state index < -0.39 is 48.8 Å². The van der Waals surface area contributed by atoms with E-state index in [4.69, 9.17) is 0 Å². The van der Waals surface area contributed by atoms with Crippen molar-refractivity contribution in [2.45, 2.75) is 37.6 Å². The highest BCUT2D eigenvalue weighted by Crippen LogP contribution is 2.38. The van der Waals surface area contributed by atoms with Gasteiger partial charge in [0, 0.05) is 50.2 Å². The molecular weight excluding hydrogens is 423 g/mol. The molecule has 0 aliphatic heterocycles. The lowest BCUT2D eigenvalue weighted by Crippen LogP contribution is -2.51. The number of likely N-dealkylation sites (N-methyl/N-ethyl adjacent to an activating group) is 2. The van der Waals surface area contributed by atoms with E-state index in [9.17, 15) is 30.7 Å². The van der Waals surface area contributed by atoms with Gasteiger partial charge in [-0.2, -0.15) is 30.7 Å². The minimum Gasteiger partial charge on any atom is -0.371 e. The van der Waals surface area contributed by atoms with Crippen molar-refractivity contribution < 1.29 is 30.7 Å². The van der Waals surface area contributed by atoms with Crippen molar-refractivity contribution in [3.63, 3.8) is 0 Å². The van der Waals surface area contributed by atoms with Crippen molar-refractivity contribution in [3.8, 4) is 0 Å². The summed E-state index contributed by atoms with van der Waals surface area (Å²) in [4.78, 5) is 3.16. The molecule has 0 aliphatic carbocycles. The van der Waals surface area contributed by atoms with Gasteiger partial charge in [-0.1, -0.05) is 25.1 Å². The van der Waals surface area contributed by atoms with Gasteiger partial charge in [0.2, 0.25) is 0 Å².